The average Bonchev–Trinajstić information content (AvgIpc) is 2.66. The number of nitrogens with one attached hydrogen (secondary N) is 3. The van der Waals surface area contributed by atoms with E-state index in [0.29, 0.717) is 16.4 Å². The molecule has 0 fully saturated rings. The van der Waals surface area contributed by atoms with Crippen molar-refractivity contribution in [1.29, 1.82) is 0 Å². The van der Waals surface area contributed by atoms with Gasteiger partial charge in [0, 0.05) is 12.8 Å². The van der Waals surface area contributed by atoms with Gasteiger partial charge in [0.15, 0.2) is 0 Å². The molecule has 0 heterocycles. The van der Waals surface area contributed by atoms with Crippen molar-refractivity contribution in [2.75, 3.05) is 12.4 Å². The number of ether oxygens (including phenoxy) is 1. The summed E-state index contributed by atoms with van der Waals surface area (Å²) in [4.78, 5) is 23.8. The molecule has 0 saturated carbocycles. The van der Waals surface area contributed by atoms with Gasteiger partial charge in [-0.3, -0.25) is 20.4 Å². The Morgan fingerprint density at radius 3 is 2.31 bits per heavy atom. The van der Waals surface area contributed by atoms with Crippen molar-refractivity contribution >= 4 is 34.8 Å². The van der Waals surface area contributed by atoms with Crippen molar-refractivity contribution in [1.82, 2.24) is 10.9 Å². The summed E-state index contributed by atoms with van der Waals surface area (Å²) in [5.41, 5.74) is 7.10. The number of rotatable bonds is 8. The van der Waals surface area contributed by atoms with Gasteiger partial charge < -0.3 is 10.1 Å². The van der Waals surface area contributed by atoms with Crippen LogP contribution in [0.4, 0.5) is 5.69 Å². The van der Waals surface area contributed by atoms with E-state index >= 15 is 0 Å². The Bertz CT molecular complexity index is 791. The first-order chi connectivity index (χ1) is 12.5. The predicted octanol–water partition coefficient (Wildman–Crippen LogP) is 3.36. The molecule has 6 nitrogen and oxygen atoms in total. The van der Waals surface area contributed by atoms with Crippen LogP contribution in [0.3, 0.4) is 0 Å². The number of amides is 2. The number of carbonyl (C=O) groups excluding carboxylic acids is 2. The third-order valence-electron chi connectivity index (χ3n) is 3.52. The van der Waals surface area contributed by atoms with Crippen molar-refractivity contribution in [2.24, 2.45) is 0 Å². The quantitative estimate of drug-likeness (QED) is 0.620. The molecule has 2 aromatic rings. The first-order valence-corrected chi connectivity index (χ1v) is 8.30. The molecule has 0 aromatic heterocycles. The average molecular weight is 374 g/mol. The fourth-order valence-electron chi connectivity index (χ4n) is 2.07. The summed E-state index contributed by atoms with van der Waals surface area (Å²) >= 11 is 5.97. The lowest BCUT2D eigenvalue weighted by atomic mass is 10.2. The van der Waals surface area contributed by atoms with Crippen molar-refractivity contribution < 1.29 is 14.3 Å². The molecule has 0 spiro atoms. The van der Waals surface area contributed by atoms with Crippen LogP contribution in [0.15, 0.2) is 55.1 Å². The number of carbonyl (C=O) groups is 2. The zero-order valence-electron chi connectivity index (χ0n) is 14.3. The lowest BCUT2D eigenvalue weighted by molar-refractivity contribution is -0.124. The SMILES string of the molecule is C=C(NNC(=O)CCC(=O)Nc1ccccc1Cl)c1ccc(OC)cc1. The van der Waals surface area contributed by atoms with Crippen LogP contribution >= 0.6 is 11.6 Å². The topological polar surface area (TPSA) is 79.5 Å². The highest BCUT2D eigenvalue weighted by atomic mass is 35.5. The minimum atomic E-state index is -0.325. The van der Waals surface area contributed by atoms with Crippen LogP contribution in [-0.4, -0.2) is 18.9 Å². The van der Waals surface area contributed by atoms with Crippen LogP contribution in [0.25, 0.3) is 5.70 Å². The van der Waals surface area contributed by atoms with Crippen molar-refractivity contribution in [2.45, 2.75) is 12.8 Å². The van der Waals surface area contributed by atoms with E-state index < -0.39 is 0 Å². The van der Waals surface area contributed by atoms with Crippen LogP contribution < -0.4 is 20.9 Å². The van der Waals surface area contributed by atoms with Crippen molar-refractivity contribution in [3.05, 3.63) is 65.7 Å². The Morgan fingerprint density at radius 2 is 1.65 bits per heavy atom. The number of benzene rings is 2. The third kappa shape index (κ3) is 5.82. The second kappa shape index (κ2) is 9.48. The van der Waals surface area contributed by atoms with Crippen molar-refractivity contribution in [3.8, 4) is 5.75 Å². The maximum absolute atomic E-state index is 11.9. The van der Waals surface area contributed by atoms with E-state index in [4.69, 9.17) is 16.3 Å². The molecule has 2 aromatic carbocycles. The molecule has 0 bridgehead atoms. The molecular weight excluding hydrogens is 354 g/mol. The molecule has 0 aliphatic carbocycles. The Hall–Kier alpha value is -2.99. The monoisotopic (exact) mass is 373 g/mol. The van der Waals surface area contributed by atoms with Gasteiger partial charge in [0.25, 0.3) is 0 Å². The minimum Gasteiger partial charge on any atom is -0.497 e. The molecule has 136 valence electrons. The molecule has 2 amide bonds. The smallest absolute Gasteiger partial charge is 0.238 e. The van der Waals surface area contributed by atoms with Gasteiger partial charge in [0.2, 0.25) is 11.8 Å². The second-order valence-corrected chi connectivity index (χ2v) is 5.82. The summed E-state index contributed by atoms with van der Waals surface area (Å²) in [5.74, 6) is 0.117. The van der Waals surface area contributed by atoms with E-state index in [1.165, 1.54) is 0 Å². The molecule has 0 atom stereocenters. The van der Waals surface area contributed by atoms with Gasteiger partial charge in [-0.2, -0.15) is 0 Å². The van der Waals surface area contributed by atoms with Crippen molar-refractivity contribution in [3.63, 3.8) is 0 Å². The standard InChI is InChI=1S/C19H20ClN3O3/c1-13(14-7-9-15(26-2)10-8-14)22-23-19(25)12-11-18(24)21-17-6-4-3-5-16(17)20/h3-10,22H,1,11-12H2,2H3,(H,21,24)(H,23,25). The zero-order chi connectivity index (χ0) is 18.9. The highest BCUT2D eigenvalue weighted by molar-refractivity contribution is 6.33. The van der Waals surface area contributed by atoms with Gasteiger partial charge >= 0.3 is 0 Å². The fourth-order valence-corrected chi connectivity index (χ4v) is 2.26. The summed E-state index contributed by atoms with van der Waals surface area (Å²) < 4.78 is 5.09. The van der Waals surface area contributed by atoms with E-state index in [-0.39, 0.29) is 24.7 Å². The Labute approximate surface area is 157 Å². The molecule has 7 heteroatoms. The molecule has 26 heavy (non-hydrogen) atoms. The minimum absolute atomic E-state index is 0.0270. The predicted molar refractivity (Wildman–Crippen MR) is 103 cm³/mol. The Morgan fingerprint density at radius 1 is 1.00 bits per heavy atom. The van der Waals surface area contributed by atoms with E-state index in [2.05, 4.69) is 22.7 Å². The van der Waals surface area contributed by atoms with Crippen LogP contribution in [0.5, 0.6) is 5.75 Å². The number of hydrogen-bond donors (Lipinski definition) is 3. The van der Waals surface area contributed by atoms with Gasteiger partial charge in [-0.05, 0) is 42.0 Å². The molecule has 0 saturated heterocycles. The molecular formula is C19H20ClN3O3. The van der Waals surface area contributed by atoms with Gasteiger partial charge in [-0.1, -0.05) is 30.3 Å². The van der Waals surface area contributed by atoms with Gasteiger partial charge in [-0.25, -0.2) is 0 Å². The highest BCUT2D eigenvalue weighted by Crippen LogP contribution is 2.20. The van der Waals surface area contributed by atoms with Crippen LogP contribution in [0.2, 0.25) is 5.02 Å². The number of para-hydroxylation sites is 1. The molecule has 3 N–H and O–H groups in total. The molecule has 0 radical (unpaired) electrons. The number of hydrogen-bond acceptors (Lipinski definition) is 4. The van der Waals surface area contributed by atoms with E-state index in [1.807, 2.05) is 12.1 Å². The van der Waals surface area contributed by atoms with E-state index in [1.54, 1.807) is 43.5 Å². The maximum Gasteiger partial charge on any atom is 0.238 e. The third-order valence-corrected chi connectivity index (χ3v) is 3.85. The maximum atomic E-state index is 11.9. The van der Waals surface area contributed by atoms with Crippen LogP contribution in [-0.2, 0) is 9.59 Å². The molecule has 0 unspecified atom stereocenters. The number of halogens is 1. The summed E-state index contributed by atoms with van der Waals surface area (Å²) in [5, 5.41) is 3.11. The number of methoxy groups -OCH3 is 1. The largest absolute Gasteiger partial charge is 0.497 e. The summed E-state index contributed by atoms with van der Waals surface area (Å²) in [6.45, 7) is 3.85. The van der Waals surface area contributed by atoms with E-state index in [0.717, 1.165) is 11.3 Å². The second-order valence-electron chi connectivity index (χ2n) is 5.41. The van der Waals surface area contributed by atoms with Crippen LogP contribution in [0.1, 0.15) is 18.4 Å². The lowest BCUT2D eigenvalue weighted by Crippen LogP contribution is -2.36. The normalized spacial score (nSPS) is 9.92. The first-order valence-electron chi connectivity index (χ1n) is 7.92. The van der Waals surface area contributed by atoms with Gasteiger partial charge in [0.1, 0.15) is 5.75 Å². The molecule has 0 aliphatic rings. The number of hydrazine groups is 1. The van der Waals surface area contributed by atoms with E-state index in [9.17, 15) is 9.59 Å². The summed E-state index contributed by atoms with van der Waals surface area (Å²) in [7, 11) is 1.59. The molecule has 0 aliphatic heterocycles. The lowest BCUT2D eigenvalue weighted by Gasteiger charge is -2.12. The zero-order valence-corrected chi connectivity index (χ0v) is 15.1. The fraction of sp³-hybridized carbons (Fsp3) is 0.158. The van der Waals surface area contributed by atoms with Gasteiger partial charge in [0.05, 0.1) is 23.5 Å². The summed E-state index contributed by atoms with van der Waals surface area (Å²) in [6.07, 6.45) is 0.0624. The van der Waals surface area contributed by atoms with Gasteiger partial charge in [-0.15, -0.1) is 0 Å². The Balaban J connectivity index is 1.73. The molecule has 2 rings (SSSR count). The Kier molecular flexibility index (Phi) is 7.05. The highest BCUT2D eigenvalue weighted by Gasteiger charge is 2.09. The number of anilines is 1. The first kappa shape index (κ1) is 19.3. The summed E-state index contributed by atoms with van der Waals surface area (Å²) in [6, 6.07) is 14.1. The van der Waals surface area contributed by atoms with Crippen LogP contribution in [0, 0.1) is 0 Å².